The first-order chi connectivity index (χ1) is 8.39. The molecule has 18 heavy (non-hydrogen) atoms. The Balaban J connectivity index is 2.22. The minimum atomic E-state index is 0.102. The first kappa shape index (κ1) is 12.9. The van der Waals surface area contributed by atoms with E-state index in [1.54, 1.807) is 4.90 Å². The van der Waals surface area contributed by atoms with E-state index in [2.05, 4.69) is 45.0 Å². The maximum atomic E-state index is 12.1. The van der Waals surface area contributed by atoms with Crippen molar-refractivity contribution in [3.8, 4) is 0 Å². The summed E-state index contributed by atoms with van der Waals surface area (Å²) < 4.78 is 0. The molecule has 1 fully saturated rings. The van der Waals surface area contributed by atoms with Gasteiger partial charge in [-0.1, -0.05) is 32.9 Å². The van der Waals surface area contributed by atoms with Crippen LogP contribution in [0.3, 0.4) is 0 Å². The molecule has 0 atom stereocenters. The van der Waals surface area contributed by atoms with E-state index in [-0.39, 0.29) is 11.4 Å². The van der Waals surface area contributed by atoms with Crippen LogP contribution in [0.4, 0.5) is 10.5 Å². The summed E-state index contributed by atoms with van der Waals surface area (Å²) in [4.78, 5) is 15.7. The maximum absolute atomic E-state index is 12.1. The van der Waals surface area contributed by atoms with Gasteiger partial charge in [-0.3, -0.25) is 4.90 Å². The molecule has 98 valence electrons. The van der Waals surface area contributed by atoms with Gasteiger partial charge in [0.15, 0.2) is 0 Å². The first-order valence-electron chi connectivity index (χ1n) is 6.53. The molecule has 2 rings (SSSR count). The highest BCUT2D eigenvalue weighted by atomic mass is 16.2. The molecule has 1 aliphatic heterocycles. The molecular weight excluding hydrogens is 224 g/mol. The van der Waals surface area contributed by atoms with E-state index in [1.165, 1.54) is 5.56 Å². The molecule has 2 amide bonds. The van der Waals surface area contributed by atoms with Crippen molar-refractivity contribution < 1.29 is 4.79 Å². The standard InChI is InChI=1S/C15H22N2O/c1-15(2,3)12-6-8-13(9-7-12)17-11-5-10-16(4)14(17)18/h6-9H,5,10-11H2,1-4H3. The van der Waals surface area contributed by atoms with E-state index in [1.807, 2.05) is 11.9 Å². The predicted molar refractivity (Wildman–Crippen MR) is 75.1 cm³/mol. The van der Waals surface area contributed by atoms with Crippen molar-refractivity contribution in [3.63, 3.8) is 0 Å². The summed E-state index contributed by atoms with van der Waals surface area (Å²) in [7, 11) is 1.86. The van der Waals surface area contributed by atoms with Crippen LogP contribution in [0, 0.1) is 0 Å². The molecule has 1 aromatic carbocycles. The van der Waals surface area contributed by atoms with Crippen molar-refractivity contribution >= 4 is 11.7 Å². The van der Waals surface area contributed by atoms with E-state index in [0.29, 0.717) is 0 Å². The largest absolute Gasteiger partial charge is 0.327 e. The molecule has 1 heterocycles. The molecule has 0 unspecified atom stereocenters. The molecule has 0 saturated carbocycles. The number of nitrogens with zero attached hydrogens (tertiary/aromatic N) is 2. The Morgan fingerprint density at radius 2 is 1.67 bits per heavy atom. The maximum Gasteiger partial charge on any atom is 0.324 e. The van der Waals surface area contributed by atoms with Crippen molar-refractivity contribution in [1.82, 2.24) is 4.90 Å². The number of hydrogen-bond donors (Lipinski definition) is 0. The second-order valence-electron chi connectivity index (χ2n) is 6.01. The summed E-state index contributed by atoms with van der Waals surface area (Å²) in [5.74, 6) is 0. The van der Waals surface area contributed by atoms with Gasteiger partial charge < -0.3 is 4.90 Å². The van der Waals surface area contributed by atoms with E-state index in [9.17, 15) is 4.79 Å². The molecule has 1 aliphatic rings. The fraction of sp³-hybridized carbons (Fsp3) is 0.533. The Labute approximate surface area is 109 Å². The van der Waals surface area contributed by atoms with Crippen LogP contribution in [0.25, 0.3) is 0 Å². The Morgan fingerprint density at radius 1 is 1.06 bits per heavy atom. The number of amides is 2. The van der Waals surface area contributed by atoms with Gasteiger partial charge in [-0.05, 0) is 29.5 Å². The Kier molecular flexibility index (Phi) is 3.33. The van der Waals surface area contributed by atoms with Gasteiger partial charge in [0, 0.05) is 25.8 Å². The van der Waals surface area contributed by atoms with E-state index in [4.69, 9.17) is 0 Å². The minimum Gasteiger partial charge on any atom is -0.327 e. The van der Waals surface area contributed by atoms with Crippen LogP contribution in [0.5, 0.6) is 0 Å². The lowest BCUT2D eigenvalue weighted by Crippen LogP contribution is -2.47. The average Bonchev–Trinajstić information content (AvgIpc) is 2.32. The molecule has 1 aromatic rings. The summed E-state index contributed by atoms with van der Waals surface area (Å²) in [6.07, 6.45) is 1.03. The highest BCUT2D eigenvalue weighted by molar-refractivity contribution is 5.92. The number of carbonyl (C=O) groups is 1. The summed E-state index contributed by atoms with van der Waals surface area (Å²) in [6, 6.07) is 8.45. The van der Waals surface area contributed by atoms with Crippen LogP contribution >= 0.6 is 0 Å². The zero-order chi connectivity index (χ0) is 13.3. The quantitative estimate of drug-likeness (QED) is 0.746. The molecule has 0 spiro atoms. The Bertz CT molecular complexity index is 431. The van der Waals surface area contributed by atoms with E-state index in [0.717, 1.165) is 25.2 Å². The molecule has 0 bridgehead atoms. The van der Waals surface area contributed by atoms with Crippen LogP contribution < -0.4 is 4.90 Å². The molecule has 1 saturated heterocycles. The van der Waals surface area contributed by atoms with Crippen LogP contribution in [-0.2, 0) is 5.41 Å². The zero-order valence-electron chi connectivity index (χ0n) is 11.7. The van der Waals surface area contributed by atoms with Gasteiger partial charge >= 0.3 is 6.03 Å². The molecule has 0 radical (unpaired) electrons. The van der Waals surface area contributed by atoms with Crippen LogP contribution in [-0.4, -0.2) is 31.1 Å². The smallest absolute Gasteiger partial charge is 0.324 e. The van der Waals surface area contributed by atoms with Crippen molar-refractivity contribution in [2.45, 2.75) is 32.6 Å². The Morgan fingerprint density at radius 3 is 2.22 bits per heavy atom. The third-order valence-corrected chi connectivity index (χ3v) is 3.48. The van der Waals surface area contributed by atoms with Gasteiger partial charge in [-0.15, -0.1) is 0 Å². The third kappa shape index (κ3) is 2.50. The summed E-state index contributed by atoms with van der Waals surface area (Å²) >= 11 is 0. The molecule has 0 N–H and O–H groups in total. The number of benzene rings is 1. The van der Waals surface area contributed by atoms with Crippen LogP contribution in [0.15, 0.2) is 24.3 Å². The fourth-order valence-corrected chi connectivity index (χ4v) is 2.24. The molecule has 0 aliphatic carbocycles. The van der Waals surface area contributed by atoms with Gasteiger partial charge in [0.25, 0.3) is 0 Å². The highest BCUT2D eigenvalue weighted by Gasteiger charge is 2.24. The zero-order valence-corrected chi connectivity index (χ0v) is 11.7. The predicted octanol–water partition coefficient (Wildman–Crippen LogP) is 3.25. The van der Waals surface area contributed by atoms with Crippen LogP contribution in [0.1, 0.15) is 32.8 Å². The van der Waals surface area contributed by atoms with Gasteiger partial charge in [-0.2, -0.15) is 0 Å². The number of urea groups is 1. The highest BCUT2D eigenvalue weighted by Crippen LogP contribution is 2.26. The molecule has 3 heteroatoms. The topological polar surface area (TPSA) is 23.6 Å². The van der Waals surface area contributed by atoms with Crippen LogP contribution in [0.2, 0.25) is 0 Å². The SMILES string of the molecule is CN1CCCN(c2ccc(C(C)(C)C)cc2)C1=O. The summed E-state index contributed by atoms with van der Waals surface area (Å²) in [5.41, 5.74) is 2.45. The summed E-state index contributed by atoms with van der Waals surface area (Å²) in [6.45, 7) is 8.26. The van der Waals surface area contributed by atoms with Gasteiger partial charge in [0.1, 0.15) is 0 Å². The van der Waals surface area contributed by atoms with Crippen molar-refractivity contribution in [1.29, 1.82) is 0 Å². The lowest BCUT2D eigenvalue weighted by molar-refractivity contribution is 0.207. The van der Waals surface area contributed by atoms with Crippen molar-refractivity contribution in [3.05, 3.63) is 29.8 Å². The van der Waals surface area contributed by atoms with Crippen molar-refractivity contribution in [2.75, 3.05) is 25.0 Å². The molecule has 3 nitrogen and oxygen atoms in total. The number of anilines is 1. The van der Waals surface area contributed by atoms with Gasteiger partial charge in [-0.25, -0.2) is 4.79 Å². The van der Waals surface area contributed by atoms with E-state index < -0.39 is 0 Å². The van der Waals surface area contributed by atoms with E-state index >= 15 is 0 Å². The number of rotatable bonds is 1. The monoisotopic (exact) mass is 246 g/mol. The Hall–Kier alpha value is -1.51. The average molecular weight is 246 g/mol. The first-order valence-corrected chi connectivity index (χ1v) is 6.53. The lowest BCUT2D eigenvalue weighted by Gasteiger charge is -2.33. The minimum absolute atomic E-state index is 0.102. The van der Waals surface area contributed by atoms with Crippen molar-refractivity contribution in [2.24, 2.45) is 0 Å². The molecule has 0 aromatic heterocycles. The second-order valence-corrected chi connectivity index (χ2v) is 6.01. The second kappa shape index (κ2) is 4.63. The number of hydrogen-bond acceptors (Lipinski definition) is 1. The van der Waals surface area contributed by atoms with Gasteiger partial charge in [0.05, 0.1) is 0 Å². The fourth-order valence-electron chi connectivity index (χ4n) is 2.24. The number of carbonyl (C=O) groups excluding carboxylic acids is 1. The van der Waals surface area contributed by atoms with Gasteiger partial charge in [0.2, 0.25) is 0 Å². The normalized spacial score (nSPS) is 17.2. The molecular formula is C15H22N2O. The lowest BCUT2D eigenvalue weighted by atomic mass is 9.87. The third-order valence-electron chi connectivity index (χ3n) is 3.48. The summed E-state index contributed by atoms with van der Waals surface area (Å²) in [5, 5.41) is 0.